The number of para-hydroxylation sites is 1. The van der Waals surface area contributed by atoms with E-state index in [9.17, 15) is 0 Å². The summed E-state index contributed by atoms with van der Waals surface area (Å²) in [6.45, 7) is 2.95. The van der Waals surface area contributed by atoms with Gasteiger partial charge in [0.1, 0.15) is 12.4 Å². The number of fused-ring (bicyclic) bond motifs is 1. The Morgan fingerprint density at radius 3 is 2.50 bits per heavy atom. The third-order valence-corrected chi connectivity index (χ3v) is 5.29. The predicted octanol–water partition coefficient (Wildman–Crippen LogP) is 3.90. The largest absolute Gasteiger partial charge is 0.492 e. The number of hydrogen-bond donors (Lipinski definition) is 1. The smallest absolute Gasteiger partial charge is 0.122 e. The number of piperidine rings is 1. The van der Waals surface area contributed by atoms with Gasteiger partial charge in [-0.3, -0.25) is 0 Å². The average molecular weight is 343 g/mol. The number of nitrogens with zero attached hydrogens (tertiary/aromatic N) is 1. The maximum atomic E-state index is 5.98. The summed E-state index contributed by atoms with van der Waals surface area (Å²) in [7, 11) is 0. The number of nitrogens with one attached hydrogen (secondary N) is 1. The summed E-state index contributed by atoms with van der Waals surface area (Å²) < 4.78 is 5.89. The first kappa shape index (κ1) is 15.8. The maximum absolute atomic E-state index is 5.98. The first-order valence-electron chi connectivity index (χ1n) is 8.75. The van der Waals surface area contributed by atoms with Gasteiger partial charge >= 0.3 is 0 Å². The molecule has 2 aromatic rings. The van der Waals surface area contributed by atoms with Crippen molar-refractivity contribution in [1.29, 1.82) is 0 Å². The van der Waals surface area contributed by atoms with E-state index in [-0.39, 0.29) is 0 Å². The van der Waals surface area contributed by atoms with Crippen molar-refractivity contribution in [2.45, 2.75) is 31.3 Å². The van der Waals surface area contributed by atoms with E-state index in [1.807, 2.05) is 18.2 Å². The van der Waals surface area contributed by atoms with E-state index in [1.54, 1.807) is 0 Å². The van der Waals surface area contributed by atoms with Crippen molar-refractivity contribution in [2.24, 2.45) is 0 Å². The van der Waals surface area contributed by atoms with E-state index >= 15 is 0 Å². The summed E-state index contributed by atoms with van der Waals surface area (Å²) in [4.78, 5) is 2.45. The standard InChI is InChI=1S/C20H23ClN2O/c21-16-5-7-19(8-6-16)23-11-9-17(10-12-23)22-18-13-15-3-1-2-4-20(15)24-14-18/h1-8,17-18,22H,9-14H2. The molecule has 0 spiro atoms. The summed E-state index contributed by atoms with van der Waals surface area (Å²) >= 11 is 5.98. The molecule has 4 rings (SSSR count). The van der Waals surface area contributed by atoms with Gasteiger partial charge in [0.05, 0.1) is 0 Å². The summed E-state index contributed by atoms with van der Waals surface area (Å²) in [5, 5.41) is 4.61. The molecule has 24 heavy (non-hydrogen) atoms. The highest BCUT2D eigenvalue weighted by Crippen LogP contribution is 2.26. The van der Waals surface area contributed by atoms with Crippen molar-refractivity contribution in [3.8, 4) is 5.75 Å². The molecular weight excluding hydrogens is 320 g/mol. The zero-order valence-corrected chi connectivity index (χ0v) is 14.5. The minimum atomic E-state index is 0.423. The van der Waals surface area contributed by atoms with Crippen LogP contribution in [0.5, 0.6) is 5.75 Å². The Hall–Kier alpha value is -1.71. The van der Waals surface area contributed by atoms with Crippen molar-refractivity contribution in [2.75, 3.05) is 24.6 Å². The zero-order valence-electron chi connectivity index (χ0n) is 13.7. The van der Waals surface area contributed by atoms with Crippen LogP contribution in [0.1, 0.15) is 18.4 Å². The second kappa shape index (κ2) is 7.04. The lowest BCUT2D eigenvalue weighted by molar-refractivity contribution is 0.219. The number of rotatable bonds is 3. The second-order valence-electron chi connectivity index (χ2n) is 6.72. The second-order valence-corrected chi connectivity index (χ2v) is 7.16. The molecule has 1 saturated heterocycles. The fourth-order valence-electron chi connectivity index (χ4n) is 3.72. The molecule has 2 heterocycles. The number of anilines is 1. The molecule has 0 aromatic heterocycles. The molecule has 126 valence electrons. The van der Waals surface area contributed by atoms with Gasteiger partial charge in [-0.2, -0.15) is 0 Å². The van der Waals surface area contributed by atoms with Crippen LogP contribution in [0.15, 0.2) is 48.5 Å². The number of halogens is 1. The molecular formula is C20H23ClN2O. The maximum Gasteiger partial charge on any atom is 0.122 e. The Morgan fingerprint density at radius 1 is 0.958 bits per heavy atom. The van der Waals surface area contributed by atoms with Gasteiger partial charge in [-0.15, -0.1) is 0 Å². The Labute approximate surface area is 148 Å². The lowest BCUT2D eigenvalue weighted by Gasteiger charge is -2.37. The highest BCUT2D eigenvalue weighted by Gasteiger charge is 2.25. The molecule has 1 N–H and O–H groups in total. The molecule has 2 aliphatic heterocycles. The van der Waals surface area contributed by atoms with Gasteiger partial charge in [-0.1, -0.05) is 29.8 Å². The normalized spacial score (nSPS) is 21.2. The average Bonchev–Trinajstić information content (AvgIpc) is 2.63. The molecule has 2 aromatic carbocycles. The third kappa shape index (κ3) is 3.52. The van der Waals surface area contributed by atoms with Crippen molar-refractivity contribution in [1.82, 2.24) is 5.32 Å². The number of benzene rings is 2. The van der Waals surface area contributed by atoms with E-state index in [0.717, 1.165) is 36.9 Å². The monoisotopic (exact) mass is 342 g/mol. The molecule has 4 heteroatoms. The summed E-state index contributed by atoms with van der Waals surface area (Å²) in [6, 6.07) is 17.5. The summed E-state index contributed by atoms with van der Waals surface area (Å²) in [5.74, 6) is 1.05. The van der Waals surface area contributed by atoms with Crippen molar-refractivity contribution in [3.63, 3.8) is 0 Å². The molecule has 0 aliphatic carbocycles. The minimum Gasteiger partial charge on any atom is -0.492 e. The van der Waals surface area contributed by atoms with Gasteiger partial charge in [0, 0.05) is 35.9 Å². The SMILES string of the molecule is Clc1ccc(N2CCC(NC3COc4ccccc4C3)CC2)cc1. The number of ether oxygens (including phenoxy) is 1. The Bertz CT molecular complexity index is 680. The fourth-order valence-corrected chi connectivity index (χ4v) is 3.85. The van der Waals surface area contributed by atoms with Crippen LogP contribution in [0, 0.1) is 0 Å². The number of hydrogen-bond acceptors (Lipinski definition) is 3. The topological polar surface area (TPSA) is 24.5 Å². The van der Waals surface area contributed by atoms with Gasteiger partial charge in [0.25, 0.3) is 0 Å². The lowest BCUT2D eigenvalue weighted by Crippen LogP contribution is -2.49. The quantitative estimate of drug-likeness (QED) is 0.915. The van der Waals surface area contributed by atoms with Gasteiger partial charge in [-0.25, -0.2) is 0 Å². The van der Waals surface area contributed by atoms with Crippen LogP contribution < -0.4 is 15.0 Å². The first-order chi connectivity index (χ1) is 11.8. The fraction of sp³-hybridized carbons (Fsp3) is 0.400. The highest BCUT2D eigenvalue weighted by atomic mass is 35.5. The minimum absolute atomic E-state index is 0.423. The molecule has 0 amide bonds. The van der Waals surface area contributed by atoms with Crippen molar-refractivity contribution in [3.05, 3.63) is 59.1 Å². The van der Waals surface area contributed by atoms with E-state index < -0.39 is 0 Å². The van der Waals surface area contributed by atoms with E-state index in [2.05, 4.69) is 40.5 Å². The zero-order chi connectivity index (χ0) is 16.4. The van der Waals surface area contributed by atoms with Gasteiger partial charge in [0.2, 0.25) is 0 Å². The molecule has 1 unspecified atom stereocenters. The Balaban J connectivity index is 1.30. The van der Waals surface area contributed by atoms with E-state index in [4.69, 9.17) is 16.3 Å². The van der Waals surface area contributed by atoms with E-state index in [1.165, 1.54) is 24.1 Å². The van der Waals surface area contributed by atoms with Crippen LogP contribution >= 0.6 is 11.6 Å². The lowest BCUT2D eigenvalue weighted by atomic mass is 9.99. The van der Waals surface area contributed by atoms with Crippen LogP contribution in [0.4, 0.5) is 5.69 Å². The predicted molar refractivity (Wildman–Crippen MR) is 99.3 cm³/mol. The van der Waals surface area contributed by atoms with Crippen LogP contribution in [-0.4, -0.2) is 31.8 Å². The third-order valence-electron chi connectivity index (χ3n) is 5.04. The van der Waals surface area contributed by atoms with Crippen LogP contribution in [0.2, 0.25) is 5.02 Å². The molecule has 1 atom stereocenters. The molecule has 1 fully saturated rings. The Kier molecular flexibility index (Phi) is 4.63. The summed E-state index contributed by atoms with van der Waals surface area (Å²) in [5.41, 5.74) is 2.59. The van der Waals surface area contributed by atoms with E-state index in [0.29, 0.717) is 12.1 Å². The van der Waals surface area contributed by atoms with Crippen LogP contribution in [0.3, 0.4) is 0 Å². The van der Waals surface area contributed by atoms with Crippen molar-refractivity contribution >= 4 is 17.3 Å². The molecule has 0 radical (unpaired) electrons. The van der Waals surface area contributed by atoms with Crippen LogP contribution in [-0.2, 0) is 6.42 Å². The highest BCUT2D eigenvalue weighted by molar-refractivity contribution is 6.30. The van der Waals surface area contributed by atoms with Gasteiger partial charge in [0.15, 0.2) is 0 Å². The first-order valence-corrected chi connectivity index (χ1v) is 9.13. The van der Waals surface area contributed by atoms with Crippen LogP contribution in [0.25, 0.3) is 0 Å². The van der Waals surface area contributed by atoms with Gasteiger partial charge < -0.3 is 15.0 Å². The van der Waals surface area contributed by atoms with Gasteiger partial charge in [-0.05, 0) is 55.2 Å². The molecule has 0 bridgehead atoms. The molecule has 0 saturated carbocycles. The molecule has 3 nitrogen and oxygen atoms in total. The van der Waals surface area contributed by atoms with Crippen molar-refractivity contribution < 1.29 is 4.74 Å². The Morgan fingerprint density at radius 2 is 1.71 bits per heavy atom. The summed E-state index contributed by atoms with van der Waals surface area (Å²) in [6.07, 6.45) is 3.40. The molecule has 2 aliphatic rings.